The summed E-state index contributed by atoms with van der Waals surface area (Å²) in [7, 11) is 0. The van der Waals surface area contributed by atoms with Crippen LogP contribution in [-0.2, 0) is 11.3 Å². The molecule has 2 heterocycles. The topological polar surface area (TPSA) is 109 Å². The number of allylic oxidation sites excluding steroid dienone is 1. The maximum atomic E-state index is 12.5. The lowest BCUT2D eigenvalue weighted by atomic mass is 10.2. The number of amides is 1. The molecule has 0 bridgehead atoms. The molecule has 1 unspecified atom stereocenters. The number of hydrogen-bond acceptors (Lipinski definition) is 7. The van der Waals surface area contributed by atoms with Crippen LogP contribution in [-0.4, -0.2) is 31.8 Å². The second-order valence-electron chi connectivity index (χ2n) is 6.07. The van der Waals surface area contributed by atoms with Gasteiger partial charge in [0.15, 0.2) is 21.8 Å². The van der Waals surface area contributed by atoms with Crippen LogP contribution in [0.2, 0.25) is 0 Å². The molecular weight excluding hydrogens is 408 g/mol. The van der Waals surface area contributed by atoms with Crippen molar-refractivity contribution in [1.82, 2.24) is 19.7 Å². The van der Waals surface area contributed by atoms with E-state index in [0.29, 0.717) is 33.6 Å². The number of H-pyrrole nitrogens is 1. The fraction of sp³-hybridized carbons (Fsp3) is 0.211. The van der Waals surface area contributed by atoms with Crippen LogP contribution in [0.5, 0.6) is 5.75 Å². The van der Waals surface area contributed by atoms with Gasteiger partial charge in [0.2, 0.25) is 0 Å². The van der Waals surface area contributed by atoms with Gasteiger partial charge in [-0.2, -0.15) is 10.4 Å². The number of carbonyl (C=O) groups excluding carboxylic acids is 1. The van der Waals surface area contributed by atoms with E-state index in [9.17, 15) is 4.79 Å². The molecule has 0 aliphatic carbocycles. The number of aryl methyl sites for hydroxylation is 1. The number of hydrogen-bond donors (Lipinski definition) is 2. The lowest BCUT2D eigenvalue weighted by Gasteiger charge is -2.13. The highest BCUT2D eigenvalue weighted by Crippen LogP contribution is 2.31. The molecule has 2 N–H and O–H groups in total. The summed E-state index contributed by atoms with van der Waals surface area (Å²) in [6, 6.07) is 8.60. The first-order chi connectivity index (χ1) is 13.9. The molecule has 0 spiro atoms. The smallest absolute Gasteiger partial charge is 0.266 e. The van der Waals surface area contributed by atoms with E-state index in [2.05, 4.69) is 27.1 Å². The minimum atomic E-state index is -0.745. The molecule has 0 saturated carbocycles. The summed E-state index contributed by atoms with van der Waals surface area (Å²) in [5.74, 6) is 0.814. The number of carbonyl (C=O) groups is 1. The first-order valence-electron chi connectivity index (χ1n) is 8.64. The Morgan fingerprint density at radius 3 is 2.90 bits per heavy atom. The highest BCUT2D eigenvalue weighted by molar-refractivity contribution is 7.71. The van der Waals surface area contributed by atoms with E-state index >= 15 is 0 Å². The van der Waals surface area contributed by atoms with Crippen molar-refractivity contribution in [2.24, 2.45) is 0 Å². The first-order valence-corrected chi connectivity index (χ1v) is 9.87. The number of anilines is 1. The second kappa shape index (κ2) is 8.81. The Morgan fingerprint density at radius 1 is 1.52 bits per heavy atom. The Bertz CT molecular complexity index is 1140. The lowest BCUT2D eigenvalue weighted by Crippen LogP contribution is -2.30. The van der Waals surface area contributed by atoms with Gasteiger partial charge in [-0.05, 0) is 50.3 Å². The molecule has 1 amide bonds. The monoisotopic (exact) mass is 426 g/mol. The molecule has 29 heavy (non-hydrogen) atoms. The van der Waals surface area contributed by atoms with E-state index in [1.54, 1.807) is 37.3 Å². The Morgan fingerprint density at radius 2 is 2.24 bits per heavy atom. The van der Waals surface area contributed by atoms with Crippen LogP contribution in [0.1, 0.15) is 18.2 Å². The molecule has 0 fully saturated rings. The molecule has 3 rings (SSSR count). The third kappa shape index (κ3) is 4.59. The van der Waals surface area contributed by atoms with E-state index in [-0.39, 0.29) is 5.91 Å². The van der Waals surface area contributed by atoms with Gasteiger partial charge in [0.25, 0.3) is 5.91 Å². The zero-order valence-electron chi connectivity index (χ0n) is 15.8. The van der Waals surface area contributed by atoms with Gasteiger partial charge in [-0.1, -0.05) is 17.4 Å². The van der Waals surface area contributed by atoms with Crippen LogP contribution in [0, 0.1) is 23.0 Å². The number of nitriles is 1. The Kier molecular flexibility index (Phi) is 6.21. The van der Waals surface area contributed by atoms with Gasteiger partial charge in [0.1, 0.15) is 5.75 Å². The lowest BCUT2D eigenvalue weighted by molar-refractivity contribution is -0.122. The molecule has 0 aliphatic heterocycles. The highest BCUT2D eigenvalue weighted by Gasteiger charge is 2.20. The average Bonchev–Trinajstić information content (AvgIpc) is 3.24. The van der Waals surface area contributed by atoms with Crippen LogP contribution in [0.15, 0.2) is 36.9 Å². The summed E-state index contributed by atoms with van der Waals surface area (Å²) in [4.78, 5) is 17.7. The van der Waals surface area contributed by atoms with Crippen LogP contribution < -0.4 is 10.1 Å². The molecule has 148 valence electrons. The van der Waals surface area contributed by atoms with Crippen LogP contribution >= 0.6 is 23.6 Å². The van der Waals surface area contributed by atoms with E-state index in [0.717, 1.165) is 10.6 Å². The van der Waals surface area contributed by atoms with Gasteiger partial charge >= 0.3 is 0 Å². The van der Waals surface area contributed by atoms with Gasteiger partial charge in [-0.3, -0.25) is 19.8 Å². The number of aromatic nitrogens is 4. The van der Waals surface area contributed by atoms with E-state index in [1.165, 1.54) is 11.3 Å². The van der Waals surface area contributed by atoms with Gasteiger partial charge in [-0.25, -0.2) is 4.98 Å². The molecular formula is C19H18N6O2S2. The Hall–Kier alpha value is -3.29. The number of benzene rings is 1. The molecule has 1 atom stereocenters. The number of nitrogens with zero attached hydrogens (tertiary/aromatic N) is 4. The summed E-state index contributed by atoms with van der Waals surface area (Å²) in [5.41, 5.74) is 1.25. The van der Waals surface area contributed by atoms with Crippen molar-refractivity contribution >= 4 is 34.6 Å². The summed E-state index contributed by atoms with van der Waals surface area (Å²) >= 11 is 6.55. The van der Waals surface area contributed by atoms with Crippen molar-refractivity contribution in [1.29, 1.82) is 5.26 Å². The zero-order chi connectivity index (χ0) is 21.0. The minimum Gasteiger partial charge on any atom is -0.481 e. The molecule has 3 aromatic rings. The third-order valence-electron chi connectivity index (χ3n) is 3.97. The van der Waals surface area contributed by atoms with E-state index in [1.807, 2.05) is 17.6 Å². The molecule has 10 heteroatoms. The molecule has 0 aliphatic rings. The molecule has 2 aromatic heterocycles. The quantitative estimate of drug-likeness (QED) is 0.439. The van der Waals surface area contributed by atoms with Crippen LogP contribution in [0.25, 0.3) is 10.7 Å². The third-order valence-corrected chi connectivity index (χ3v) is 5.35. The largest absolute Gasteiger partial charge is 0.481 e. The van der Waals surface area contributed by atoms with E-state index < -0.39 is 6.10 Å². The summed E-state index contributed by atoms with van der Waals surface area (Å²) in [6.07, 6.45) is 0.988. The summed E-state index contributed by atoms with van der Waals surface area (Å²) < 4.78 is 7.93. The zero-order valence-corrected chi connectivity index (χ0v) is 17.4. The van der Waals surface area contributed by atoms with Crippen molar-refractivity contribution in [2.75, 3.05) is 5.32 Å². The van der Waals surface area contributed by atoms with Gasteiger partial charge in [0.05, 0.1) is 22.2 Å². The van der Waals surface area contributed by atoms with Gasteiger partial charge < -0.3 is 4.74 Å². The number of ether oxygens (including phenoxy) is 1. The van der Waals surface area contributed by atoms with Crippen molar-refractivity contribution in [3.05, 3.63) is 52.9 Å². The van der Waals surface area contributed by atoms with Crippen molar-refractivity contribution in [3.63, 3.8) is 0 Å². The normalized spacial score (nSPS) is 11.5. The number of aromatic amines is 1. The maximum absolute atomic E-state index is 12.5. The van der Waals surface area contributed by atoms with Gasteiger partial charge in [0, 0.05) is 6.54 Å². The number of thiazole rings is 1. The molecule has 0 saturated heterocycles. The van der Waals surface area contributed by atoms with Crippen molar-refractivity contribution in [3.8, 4) is 22.5 Å². The van der Waals surface area contributed by atoms with Gasteiger partial charge in [-0.15, -0.1) is 6.58 Å². The average molecular weight is 427 g/mol. The minimum absolute atomic E-state index is 0.334. The number of rotatable bonds is 7. The Balaban J connectivity index is 1.73. The molecule has 1 aromatic carbocycles. The highest BCUT2D eigenvalue weighted by atomic mass is 32.1. The number of nitrogens with one attached hydrogen (secondary N) is 2. The van der Waals surface area contributed by atoms with Crippen molar-refractivity contribution < 1.29 is 9.53 Å². The van der Waals surface area contributed by atoms with Crippen molar-refractivity contribution in [2.45, 2.75) is 26.5 Å². The molecule has 0 radical (unpaired) electrons. The molecule has 8 nitrogen and oxygen atoms in total. The maximum Gasteiger partial charge on any atom is 0.266 e. The van der Waals surface area contributed by atoms with Crippen LogP contribution in [0.4, 0.5) is 5.13 Å². The fourth-order valence-electron chi connectivity index (χ4n) is 2.52. The predicted octanol–water partition coefficient (Wildman–Crippen LogP) is 3.84. The van der Waals surface area contributed by atoms with E-state index in [4.69, 9.17) is 22.2 Å². The van der Waals surface area contributed by atoms with Crippen LogP contribution in [0.3, 0.4) is 0 Å². The fourth-order valence-corrected chi connectivity index (χ4v) is 3.69. The Labute approximate surface area is 176 Å². The standard InChI is InChI=1S/C19H18N6O2S2/c1-4-9-25-16(23-24-19(25)28)15-11(2)21-18(29-15)22-17(26)12(3)27-14-7-5-13(10-20)6-8-14/h4-8,12H,1,9H2,2-3H3,(H,24,28)(H,21,22,26). The SMILES string of the molecule is C=CCn1c(-c2sc(NC(=O)C(C)Oc3ccc(C#N)cc3)nc2C)n[nH]c1=S. The second-order valence-corrected chi connectivity index (χ2v) is 7.46. The summed E-state index contributed by atoms with van der Waals surface area (Å²) in [5, 5.41) is 19.1. The summed E-state index contributed by atoms with van der Waals surface area (Å²) in [6.45, 7) is 7.73. The first kappa shape index (κ1) is 20.4. The predicted molar refractivity (Wildman–Crippen MR) is 113 cm³/mol.